The van der Waals surface area contributed by atoms with Crippen LogP contribution in [0.25, 0.3) is 0 Å². The van der Waals surface area contributed by atoms with Gasteiger partial charge in [-0.2, -0.15) is 0 Å². The Morgan fingerprint density at radius 1 is 1.33 bits per heavy atom. The molecule has 0 radical (unpaired) electrons. The molecular weight excluding hydrogens is 317 g/mol. The lowest BCUT2D eigenvalue weighted by Gasteiger charge is -2.18. The van der Waals surface area contributed by atoms with Gasteiger partial charge in [0.25, 0.3) is 0 Å². The van der Waals surface area contributed by atoms with Crippen molar-refractivity contribution in [3.63, 3.8) is 0 Å². The number of alkyl halides is 4. The summed E-state index contributed by atoms with van der Waals surface area (Å²) in [5.41, 5.74) is -1.16. The van der Waals surface area contributed by atoms with Gasteiger partial charge in [-0.1, -0.05) is 12.1 Å². The molecule has 0 saturated heterocycles. The van der Waals surface area contributed by atoms with E-state index in [4.69, 9.17) is 16.7 Å². The molecule has 0 aliphatic carbocycles. The van der Waals surface area contributed by atoms with E-state index in [1.807, 2.05) is 0 Å². The predicted molar refractivity (Wildman–Crippen MR) is 65.4 cm³/mol. The Kier molecular flexibility index (Phi) is 5.56. The normalized spacial score (nSPS) is 12.8. The number of aliphatic hydroxyl groups excluding tert-OH is 1. The number of carbonyl (C=O) groups is 2. The summed E-state index contributed by atoms with van der Waals surface area (Å²) in [6, 6.07) is 3.11. The predicted octanol–water partition coefficient (Wildman–Crippen LogP) is 2.51. The molecule has 1 aromatic carbocycles. The molecule has 5 nitrogen and oxygen atoms in total. The third kappa shape index (κ3) is 4.61. The maximum atomic E-state index is 12.4. The number of Topliss-reactive ketones (excluding diaryl/α,β-unsaturated/α-hetero) is 1. The van der Waals surface area contributed by atoms with Crippen molar-refractivity contribution in [1.29, 1.82) is 0 Å². The summed E-state index contributed by atoms with van der Waals surface area (Å²) in [7, 11) is 0. The fourth-order valence-electron chi connectivity index (χ4n) is 1.57. The Balaban J connectivity index is 3.40. The minimum atomic E-state index is -5.15. The second-order valence-electron chi connectivity index (χ2n) is 3.87. The summed E-state index contributed by atoms with van der Waals surface area (Å²) in [5.74, 6) is -3.70. The maximum absolute atomic E-state index is 12.4. The van der Waals surface area contributed by atoms with Crippen LogP contribution in [0.1, 0.15) is 28.4 Å². The number of carbonyl (C=O) groups excluding carboxylic acids is 1. The van der Waals surface area contributed by atoms with Crippen molar-refractivity contribution in [1.82, 2.24) is 0 Å². The van der Waals surface area contributed by atoms with Crippen LogP contribution in [-0.2, 0) is 4.79 Å². The number of carboxylic acid groups (broad SMARTS) is 1. The molecule has 1 atom stereocenters. The first kappa shape index (κ1) is 17.3. The lowest BCUT2D eigenvalue weighted by atomic mass is 10.0. The van der Waals surface area contributed by atoms with Gasteiger partial charge in [-0.3, -0.25) is 4.79 Å². The van der Waals surface area contributed by atoms with Crippen LogP contribution >= 0.6 is 11.6 Å². The van der Waals surface area contributed by atoms with Crippen LogP contribution in [0, 0.1) is 0 Å². The lowest BCUT2D eigenvalue weighted by Crippen LogP contribution is -2.22. The molecule has 2 N–H and O–H groups in total. The van der Waals surface area contributed by atoms with E-state index in [-0.39, 0.29) is 12.3 Å². The molecule has 0 heterocycles. The third-order valence-electron chi connectivity index (χ3n) is 2.41. The second-order valence-corrected chi connectivity index (χ2v) is 4.25. The average molecular weight is 327 g/mol. The minimum absolute atomic E-state index is 0.129. The fourth-order valence-corrected chi connectivity index (χ4v) is 1.74. The Labute approximate surface area is 121 Å². The first-order chi connectivity index (χ1) is 9.67. The van der Waals surface area contributed by atoms with Gasteiger partial charge in [-0.25, -0.2) is 4.79 Å². The molecule has 0 bridgehead atoms. The van der Waals surface area contributed by atoms with Gasteiger partial charge in [0.1, 0.15) is 5.75 Å². The van der Waals surface area contributed by atoms with Gasteiger partial charge in [-0.15, -0.1) is 24.8 Å². The topological polar surface area (TPSA) is 83.8 Å². The zero-order chi connectivity index (χ0) is 16.2. The molecule has 1 unspecified atom stereocenters. The Morgan fingerprint density at radius 2 is 1.95 bits per heavy atom. The number of ketones is 1. The van der Waals surface area contributed by atoms with E-state index >= 15 is 0 Å². The van der Waals surface area contributed by atoms with Crippen LogP contribution in [0.4, 0.5) is 13.2 Å². The average Bonchev–Trinajstić information content (AvgIpc) is 2.36. The summed E-state index contributed by atoms with van der Waals surface area (Å²) >= 11 is 5.36. The van der Waals surface area contributed by atoms with Crippen molar-refractivity contribution in [3.8, 4) is 5.75 Å². The highest BCUT2D eigenvalue weighted by atomic mass is 35.5. The number of rotatable bonds is 6. The number of hydrogen-bond donors (Lipinski definition) is 2. The quantitative estimate of drug-likeness (QED) is 0.620. The molecular formula is C12H10ClF3O5. The van der Waals surface area contributed by atoms with E-state index in [1.165, 1.54) is 0 Å². The number of halogens is 4. The van der Waals surface area contributed by atoms with Gasteiger partial charge in [0, 0.05) is 17.9 Å². The van der Waals surface area contributed by atoms with Crippen molar-refractivity contribution in [2.45, 2.75) is 18.9 Å². The lowest BCUT2D eigenvalue weighted by molar-refractivity contribution is -0.275. The standard InChI is InChI=1S/C12H10ClF3O5/c13-5-4-8(17)6-2-1-3-7(9(18)11(19)20)10(6)21-12(14,15)16/h1-3,9,18H,4-5H2,(H,19,20). The smallest absolute Gasteiger partial charge is 0.479 e. The van der Waals surface area contributed by atoms with E-state index < -0.39 is 41.1 Å². The molecule has 0 fully saturated rings. The zero-order valence-corrected chi connectivity index (χ0v) is 11.1. The Hall–Kier alpha value is -1.80. The van der Waals surface area contributed by atoms with E-state index in [0.29, 0.717) is 0 Å². The molecule has 21 heavy (non-hydrogen) atoms. The van der Waals surface area contributed by atoms with E-state index in [1.54, 1.807) is 0 Å². The highest BCUT2D eigenvalue weighted by Gasteiger charge is 2.36. The molecule has 0 amide bonds. The molecule has 0 spiro atoms. The number of aliphatic hydroxyl groups is 1. The summed E-state index contributed by atoms with van der Waals surface area (Å²) < 4.78 is 41.0. The molecule has 1 rings (SSSR count). The number of benzene rings is 1. The molecule has 0 aliphatic rings. The third-order valence-corrected chi connectivity index (χ3v) is 2.60. The highest BCUT2D eigenvalue weighted by molar-refractivity contribution is 6.19. The molecule has 9 heteroatoms. The van der Waals surface area contributed by atoms with Crippen LogP contribution in [-0.4, -0.2) is 34.2 Å². The van der Waals surface area contributed by atoms with Crippen LogP contribution in [0.15, 0.2) is 18.2 Å². The molecule has 0 saturated carbocycles. The number of aliphatic carboxylic acids is 1. The Morgan fingerprint density at radius 3 is 2.43 bits per heavy atom. The number of hydrogen-bond acceptors (Lipinski definition) is 4. The summed E-state index contributed by atoms with van der Waals surface area (Å²) in [5, 5.41) is 18.1. The van der Waals surface area contributed by atoms with Crippen LogP contribution < -0.4 is 4.74 Å². The largest absolute Gasteiger partial charge is 0.573 e. The SMILES string of the molecule is O=C(CCCl)c1cccc(C(O)C(=O)O)c1OC(F)(F)F. The number of para-hydroxylation sites is 1. The van der Waals surface area contributed by atoms with Crippen molar-refractivity contribution in [2.24, 2.45) is 0 Å². The second kappa shape index (κ2) is 6.77. The van der Waals surface area contributed by atoms with Crippen molar-refractivity contribution in [2.75, 3.05) is 5.88 Å². The summed E-state index contributed by atoms with van der Waals surface area (Å²) in [4.78, 5) is 22.5. The first-order valence-electron chi connectivity index (χ1n) is 5.56. The molecule has 1 aromatic rings. The fraction of sp³-hybridized carbons (Fsp3) is 0.333. The number of ether oxygens (including phenoxy) is 1. The summed E-state index contributed by atoms with van der Waals surface area (Å²) in [6.45, 7) is 0. The summed E-state index contributed by atoms with van der Waals surface area (Å²) in [6.07, 6.45) is -7.67. The molecule has 0 aromatic heterocycles. The van der Waals surface area contributed by atoms with Gasteiger partial charge < -0.3 is 14.9 Å². The maximum Gasteiger partial charge on any atom is 0.573 e. The van der Waals surface area contributed by atoms with Gasteiger partial charge in [0.15, 0.2) is 11.9 Å². The van der Waals surface area contributed by atoms with E-state index in [0.717, 1.165) is 18.2 Å². The van der Waals surface area contributed by atoms with Gasteiger partial charge in [0.2, 0.25) is 0 Å². The Bertz CT molecular complexity index is 544. The van der Waals surface area contributed by atoms with Crippen molar-refractivity contribution in [3.05, 3.63) is 29.3 Å². The van der Waals surface area contributed by atoms with Gasteiger partial charge in [0.05, 0.1) is 5.56 Å². The molecule has 116 valence electrons. The van der Waals surface area contributed by atoms with Crippen molar-refractivity contribution >= 4 is 23.4 Å². The highest BCUT2D eigenvalue weighted by Crippen LogP contribution is 2.34. The molecule has 0 aliphatic heterocycles. The zero-order valence-electron chi connectivity index (χ0n) is 10.4. The number of carboxylic acids is 1. The van der Waals surface area contributed by atoms with Crippen molar-refractivity contribution < 1.29 is 37.7 Å². The monoisotopic (exact) mass is 326 g/mol. The van der Waals surface area contributed by atoms with Crippen LogP contribution in [0.2, 0.25) is 0 Å². The minimum Gasteiger partial charge on any atom is -0.479 e. The van der Waals surface area contributed by atoms with E-state index in [2.05, 4.69) is 4.74 Å². The van der Waals surface area contributed by atoms with Gasteiger partial charge >= 0.3 is 12.3 Å². The van der Waals surface area contributed by atoms with Crippen LogP contribution in [0.5, 0.6) is 5.75 Å². The first-order valence-corrected chi connectivity index (χ1v) is 6.09. The van der Waals surface area contributed by atoms with E-state index in [9.17, 15) is 27.9 Å². The van der Waals surface area contributed by atoms with Gasteiger partial charge in [-0.05, 0) is 6.07 Å². The van der Waals surface area contributed by atoms with Crippen LogP contribution in [0.3, 0.4) is 0 Å².